The van der Waals surface area contributed by atoms with Crippen molar-refractivity contribution in [3.63, 3.8) is 0 Å². The second kappa shape index (κ2) is 7.70. The van der Waals surface area contributed by atoms with Gasteiger partial charge in [-0.2, -0.15) is 0 Å². The molecular weight excluding hydrogens is 350 g/mol. The Morgan fingerprint density at radius 1 is 1.00 bits per heavy atom. The molecule has 0 aliphatic carbocycles. The second-order valence-corrected chi connectivity index (χ2v) is 7.51. The Labute approximate surface area is 164 Å². The van der Waals surface area contributed by atoms with Crippen LogP contribution in [-0.2, 0) is 6.54 Å². The molecule has 0 spiro atoms. The molecule has 4 rings (SSSR count). The molecular formula is C22H27N5O. The molecule has 0 amide bonds. The van der Waals surface area contributed by atoms with Gasteiger partial charge in [-0.15, -0.1) is 0 Å². The van der Waals surface area contributed by atoms with E-state index < -0.39 is 0 Å². The average Bonchev–Trinajstić information content (AvgIpc) is 3.04. The zero-order chi connectivity index (χ0) is 19.7. The summed E-state index contributed by atoms with van der Waals surface area (Å²) in [7, 11) is 0. The lowest BCUT2D eigenvalue weighted by atomic mass is 10.2. The lowest BCUT2D eigenvalue weighted by Gasteiger charge is -2.13. The van der Waals surface area contributed by atoms with Gasteiger partial charge < -0.3 is 4.57 Å². The number of unbranched alkanes of at least 4 members (excludes halogenated alkanes) is 3. The van der Waals surface area contributed by atoms with E-state index in [0.29, 0.717) is 23.1 Å². The van der Waals surface area contributed by atoms with E-state index in [1.807, 2.05) is 24.3 Å². The molecule has 0 radical (unpaired) electrons. The smallest absolute Gasteiger partial charge is 0.265 e. The van der Waals surface area contributed by atoms with Crippen LogP contribution in [0.25, 0.3) is 33.2 Å². The molecule has 0 saturated carbocycles. The highest BCUT2D eigenvalue weighted by molar-refractivity contribution is 6.04. The van der Waals surface area contributed by atoms with E-state index >= 15 is 0 Å². The Balaban J connectivity index is 1.97. The summed E-state index contributed by atoms with van der Waals surface area (Å²) in [6, 6.07) is 7.98. The van der Waals surface area contributed by atoms with Gasteiger partial charge in [0, 0.05) is 12.6 Å². The minimum Gasteiger partial charge on any atom is -0.306 e. The van der Waals surface area contributed by atoms with Gasteiger partial charge in [-0.3, -0.25) is 9.36 Å². The number of rotatable bonds is 7. The van der Waals surface area contributed by atoms with Crippen LogP contribution in [0, 0.1) is 0 Å². The topological polar surface area (TPSA) is 65.6 Å². The first-order valence-corrected chi connectivity index (χ1v) is 10.3. The van der Waals surface area contributed by atoms with E-state index in [2.05, 4.69) is 30.3 Å². The van der Waals surface area contributed by atoms with Crippen LogP contribution in [0.2, 0.25) is 0 Å². The lowest BCUT2D eigenvalue weighted by molar-refractivity contribution is 0.549. The summed E-state index contributed by atoms with van der Waals surface area (Å²) in [5.41, 5.74) is 3.72. The highest BCUT2D eigenvalue weighted by Gasteiger charge is 2.21. The summed E-state index contributed by atoms with van der Waals surface area (Å²) in [6.07, 6.45) is 7.09. The third kappa shape index (κ3) is 3.07. The molecule has 0 saturated heterocycles. The molecule has 3 aromatic heterocycles. The molecule has 1 aromatic carbocycles. The SMILES string of the molecule is CCCCCCn1cnc2c(c1=O)c1nc3ccccc3nc1n2[C@H](C)CC. The Bertz CT molecular complexity index is 1190. The number of fused-ring (bicyclic) bond motifs is 4. The molecule has 146 valence electrons. The van der Waals surface area contributed by atoms with Crippen LogP contribution in [0.15, 0.2) is 35.4 Å². The molecule has 1 atom stereocenters. The normalized spacial score (nSPS) is 13.0. The molecule has 3 heterocycles. The van der Waals surface area contributed by atoms with Crippen LogP contribution >= 0.6 is 0 Å². The second-order valence-electron chi connectivity index (χ2n) is 7.51. The van der Waals surface area contributed by atoms with Crippen molar-refractivity contribution < 1.29 is 0 Å². The third-order valence-electron chi connectivity index (χ3n) is 5.55. The monoisotopic (exact) mass is 377 g/mol. The zero-order valence-corrected chi connectivity index (χ0v) is 16.9. The minimum absolute atomic E-state index is 0.0156. The molecule has 28 heavy (non-hydrogen) atoms. The lowest BCUT2D eigenvalue weighted by Crippen LogP contribution is -2.21. The van der Waals surface area contributed by atoms with Gasteiger partial charge in [0.1, 0.15) is 10.9 Å². The van der Waals surface area contributed by atoms with E-state index in [9.17, 15) is 4.79 Å². The maximum atomic E-state index is 13.3. The van der Waals surface area contributed by atoms with Crippen molar-refractivity contribution in [2.45, 2.75) is 65.5 Å². The van der Waals surface area contributed by atoms with E-state index in [1.165, 1.54) is 12.8 Å². The number of para-hydroxylation sites is 2. The molecule has 6 nitrogen and oxygen atoms in total. The summed E-state index contributed by atoms with van der Waals surface area (Å²) in [4.78, 5) is 27.7. The summed E-state index contributed by atoms with van der Waals surface area (Å²) in [5, 5.41) is 0.589. The average molecular weight is 377 g/mol. The van der Waals surface area contributed by atoms with Crippen molar-refractivity contribution in [1.82, 2.24) is 24.1 Å². The van der Waals surface area contributed by atoms with Gasteiger partial charge in [0.05, 0.1) is 17.4 Å². The molecule has 4 aromatic rings. The van der Waals surface area contributed by atoms with Crippen LogP contribution < -0.4 is 5.56 Å². The van der Waals surface area contributed by atoms with Gasteiger partial charge in [0.15, 0.2) is 11.3 Å². The summed E-state index contributed by atoms with van der Waals surface area (Å²) >= 11 is 0. The Hall–Kier alpha value is -2.76. The van der Waals surface area contributed by atoms with Gasteiger partial charge in [0.25, 0.3) is 5.56 Å². The quantitative estimate of drug-likeness (QED) is 0.432. The number of nitrogens with zero attached hydrogens (tertiary/aromatic N) is 5. The van der Waals surface area contributed by atoms with Crippen molar-refractivity contribution in [2.24, 2.45) is 0 Å². The Morgan fingerprint density at radius 2 is 1.75 bits per heavy atom. The largest absolute Gasteiger partial charge is 0.306 e. The fourth-order valence-corrected chi connectivity index (χ4v) is 3.77. The number of hydrogen-bond donors (Lipinski definition) is 0. The zero-order valence-electron chi connectivity index (χ0n) is 16.9. The van der Waals surface area contributed by atoms with Crippen LogP contribution in [0.1, 0.15) is 58.9 Å². The third-order valence-corrected chi connectivity index (χ3v) is 5.55. The van der Waals surface area contributed by atoms with Crippen LogP contribution in [-0.4, -0.2) is 24.1 Å². The van der Waals surface area contributed by atoms with Crippen LogP contribution in [0.5, 0.6) is 0 Å². The predicted octanol–water partition coefficient (Wildman–Crippen LogP) is 4.85. The molecule has 0 bridgehead atoms. The van der Waals surface area contributed by atoms with Gasteiger partial charge >= 0.3 is 0 Å². The number of aryl methyl sites for hydroxylation is 1. The van der Waals surface area contributed by atoms with Gasteiger partial charge in [-0.05, 0) is 31.9 Å². The van der Waals surface area contributed by atoms with Gasteiger partial charge in [-0.25, -0.2) is 15.0 Å². The van der Waals surface area contributed by atoms with Crippen molar-refractivity contribution >= 4 is 33.2 Å². The standard InChI is InChI=1S/C22H27N5O/c1-4-6-7-10-13-26-14-23-20-18(22(26)28)19-21(27(20)15(3)5-2)25-17-12-9-8-11-16(17)24-19/h8-9,11-12,14-15H,4-7,10,13H2,1-3H3/t15-/m1/s1. The predicted molar refractivity (Wildman–Crippen MR) is 114 cm³/mol. The van der Waals surface area contributed by atoms with Crippen molar-refractivity contribution in [3.8, 4) is 0 Å². The number of hydrogen-bond acceptors (Lipinski definition) is 4. The summed E-state index contributed by atoms with van der Waals surface area (Å²) in [6.45, 7) is 7.14. The molecule has 6 heteroatoms. The Morgan fingerprint density at radius 3 is 2.46 bits per heavy atom. The molecule has 0 unspecified atom stereocenters. The molecule has 0 fully saturated rings. The van der Waals surface area contributed by atoms with Crippen LogP contribution in [0.3, 0.4) is 0 Å². The van der Waals surface area contributed by atoms with E-state index in [4.69, 9.17) is 9.97 Å². The highest BCUT2D eigenvalue weighted by Crippen LogP contribution is 2.29. The fraction of sp³-hybridized carbons (Fsp3) is 0.455. The van der Waals surface area contributed by atoms with E-state index in [-0.39, 0.29) is 11.6 Å². The van der Waals surface area contributed by atoms with E-state index in [1.54, 1.807) is 10.9 Å². The number of aromatic nitrogens is 5. The number of benzene rings is 1. The first-order chi connectivity index (χ1) is 13.7. The first-order valence-electron chi connectivity index (χ1n) is 10.3. The molecule has 0 aliphatic rings. The maximum absolute atomic E-state index is 13.3. The first kappa shape index (κ1) is 18.6. The Kier molecular flexibility index (Phi) is 5.11. The van der Waals surface area contributed by atoms with Crippen molar-refractivity contribution in [2.75, 3.05) is 0 Å². The van der Waals surface area contributed by atoms with Crippen molar-refractivity contribution in [3.05, 3.63) is 40.9 Å². The van der Waals surface area contributed by atoms with Gasteiger partial charge in [0.2, 0.25) is 0 Å². The van der Waals surface area contributed by atoms with Gasteiger partial charge in [-0.1, -0.05) is 45.2 Å². The fourth-order valence-electron chi connectivity index (χ4n) is 3.77. The summed E-state index contributed by atoms with van der Waals surface area (Å²) in [5.74, 6) is 0. The van der Waals surface area contributed by atoms with Crippen LogP contribution in [0.4, 0.5) is 0 Å². The maximum Gasteiger partial charge on any atom is 0.265 e. The summed E-state index contributed by atoms with van der Waals surface area (Å²) < 4.78 is 3.81. The van der Waals surface area contributed by atoms with Crippen molar-refractivity contribution in [1.29, 1.82) is 0 Å². The molecule has 0 aliphatic heterocycles. The van der Waals surface area contributed by atoms with E-state index in [0.717, 1.165) is 35.9 Å². The minimum atomic E-state index is -0.0156. The highest BCUT2D eigenvalue weighted by atomic mass is 16.1. The molecule has 0 N–H and O–H groups in total.